The van der Waals surface area contributed by atoms with Gasteiger partial charge in [-0.3, -0.25) is 0 Å². The molecule has 0 aliphatic carbocycles. The highest BCUT2D eigenvalue weighted by Gasteiger charge is 2.04. The molecule has 1 aromatic rings. The molecule has 0 aliphatic rings. The van der Waals surface area contributed by atoms with Crippen LogP contribution in [-0.2, 0) is 0 Å². The summed E-state index contributed by atoms with van der Waals surface area (Å²) in [6.07, 6.45) is 2.35. The van der Waals surface area contributed by atoms with Crippen LogP contribution in [0.1, 0.15) is 26.7 Å². The van der Waals surface area contributed by atoms with Crippen LogP contribution in [-0.4, -0.2) is 11.5 Å². The van der Waals surface area contributed by atoms with E-state index in [4.69, 9.17) is 11.5 Å². The molecule has 1 heterocycles. The lowest BCUT2D eigenvalue weighted by Gasteiger charge is -2.14. The first-order valence-electron chi connectivity index (χ1n) is 5.43. The number of anilines is 3. The summed E-state index contributed by atoms with van der Waals surface area (Å²) < 4.78 is 0. The molecule has 84 valence electrons. The zero-order valence-electron chi connectivity index (χ0n) is 9.46. The molecule has 15 heavy (non-hydrogen) atoms. The minimum atomic E-state index is 0.393. The van der Waals surface area contributed by atoms with Crippen molar-refractivity contribution in [1.82, 2.24) is 4.98 Å². The number of aromatic nitrogens is 1. The van der Waals surface area contributed by atoms with Crippen LogP contribution in [0, 0.1) is 5.92 Å². The van der Waals surface area contributed by atoms with Crippen molar-refractivity contribution < 1.29 is 0 Å². The van der Waals surface area contributed by atoms with Crippen LogP contribution < -0.4 is 16.8 Å². The zero-order valence-corrected chi connectivity index (χ0v) is 9.46. The summed E-state index contributed by atoms with van der Waals surface area (Å²) >= 11 is 0. The Hall–Kier alpha value is -1.45. The Balaban J connectivity index is 2.54. The second kappa shape index (κ2) is 5.44. The van der Waals surface area contributed by atoms with Gasteiger partial charge in [-0.15, -0.1) is 0 Å². The Morgan fingerprint density at radius 3 is 2.47 bits per heavy atom. The van der Waals surface area contributed by atoms with Crippen LogP contribution in [0.2, 0.25) is 0 Å². The summed E-state index contributed by atoms with van der Waals surface area (Å²) in [7, 11) is 0. The maximum Gasteiger partial charge on any atom is 0.149 e. The Kier molecular flexibility index (Phi) is 4.21. The van der Waals surface area contributed by atoms with Gasteiger partial charge < -0.3 is 16.8 Å². The number of nitrogens with two attached hydrogens (primary N) is 2. The van der Waals surface area contributed by atoms with E-state index in [0.29, 0.717) is 17.4 Å². The van der Waals surface area contributed by atoms with Crippen molar-refractivity contribution in [2.75, 3.05) is 23.3 Å². The number of hydrogen-bond acceptors (Lipinski definition) is 4. The van der Waals surface area contributed by atoms with E-state index in [1.807, 2.05) is 6.07 Å². The minimum absolute atomic E-state index is 0.393. The number of rotatable bonds is 5. The molecular formula is C11H20N4. The molecule has 0 radical (unpaired) electrons. The molecule has 0 saturated heterocycles. The van der Waals surface area contributed by atoms with Crippen molar-refractivity contribution in [1.29, 1.82) is 0 Å². The zero-order chi connectivity index (χ0) is 11.3. The van der Waals surface area contributed by atoms with Crippen molar-refractivity contribution in [2.24, 2.45) is 5.92 Å². The Labute approximate surface area is 91.1 Å². The third-order valence-electron chi connectivity index (χ3n) is 2.68. The molecule has 0 unspecified atom stereocenters. The highest BCUT2D eigenvalue weighted by atomic mass is 15.0. The van der Waals surface area contributed by atoms with Crippen molar-refractivity contribution in [3.63, 3.8) is 0 Å². The summed E-state index contributed by atoms with van der Waals surface area (Å²) in [5.74, 6) is 1.88. The second-order valence-electron chi connectivity index (χ2n) is 3.73. The van der Waals surface area contributed by atoms with Crippen molar-refractivity contribution in [3.05, 3.63) is 12.1 Å². The number of hydrogen-bond donors (Lipinski definition) is 3. The predicted octanol–water partition coefficient (Wildman–Crippen LogP) is 2.09. The summed E-state index contributed by atoms with van der Waals surface area (Å²) in [5, 5.41) is 3.27. The van der Waals surface area contributed by atoms with E-state index in [0.717, 1.165) is 12.4 Å². The lowest BCUT2D eigenvalue weighted by Crippen LogP contribution is -2.14. The predicted molar refractivity (Wildman–Crippen MR) is 65.6 cm³/mol. The van der Waals surface area contributed by atoms with Crippen LogP contribution in [0.3, 0.4) is 0 Å². The maximum absolute atomic E-state index is 5.62. The summed E-state index contributed by atoms with van der Waals surface area (Å²) in [5.41, 5.74) is 11.7. The molecule has 4 nitrogen and oxygen atoms in total. The fraction of sp³-hybridized carbons (Fsp3) is 0.545. The van der Waals surface area contributed by atoms with E-state index < -0.39 is 0 Å². The van der Waals surface area contributed by atoms with Gasteiger partial charge in [-0.25, -0.2) is 4.98 Å². The molecular weight excluding hydrogens is 188 g/mol. The van der Waals surface area contributed by atoms with Crippen LogP contribution >= 0.6 is 0 Å². The molecule has 5 N–H and O–H groups in total. The average Bonchev–Trinajstić information content (AvgIpc) is 2.24. The lowest BCUT2D eigenvalue weighted by atomic mass is 10.0. The Bertz CT molecular complexity index is 307. The first kappa shape index (κ1) is 11.6. The van der Waals surface area contributed by atoms with Gasteiger partial charge >= 0.3 is 0 Å². The van der Waals surface area contributed by atoms with Crippen LogP contribution in [0.25, 0.3) is 0 Å². The molecule has 0 bridgehead atoms. The second-order valence-corrected chi connectivity index (χ2v) is 3.73. The summed E-state index contributed by atoms with van der Waals surface area (Å²) in [6.45, 7) is 5.32. The van der Waals surface area contributed by atoms with Crippen LogP contribution in [0.15, 0.2) is 12.1 Å². The quantitative estimate of drug-likeness (QED) is 0.692. The molecule has 0 atom stereocenters. The van der Waals surface area contributed by atoms with E-state index in [9.17, 15) is 0 Å². The van der Waals surface area contributed by atoms with Crippen LogP contribution in [0.4, 0.5) is 17.3 Å². The monoisotopic (exact) mass is 208 g/mol. The van der Waals surface area contributed by atoms with Gasteiger partial charge in [0.15, 0.2) is 0 Å². The normalized spacial score (nSPS) is 10.6. The van der Waals surface area contributed by atoms with E-state index in [2.05, 4.69) is 24.1 Å². The van der Waals surface area contributed by atoms with Gasteiger partial charge in [-0.05, 0) is 18.1 Å². The minimum Gasteiger partial charge on any atom is -0.396 e. The van der Waals surface area contributed by atoms with Gasteiger partial charge in [-0.1, -0.05) is 26.7 Å². The fourth-order valence-corrected chi connectivity index (χ4v) is 1.41. The summed E-state index contributed by atoms with van der Waals surface area (Å²) in [6, 6.07) is 3.63. The van der Waals surface area contributed by atoms with Gasteiger partial charge in [0, 0.05) is 6.54 Å². The number of nitrogens with zero attached hydrogens (tertiary/aromatic N) is 1. The van der Waals surface area contributed by atoms with Gasteiger partial charge in [0.2, 0.25) is 0 Å². The number of pyridine rings is 1. The third kappa shape index (κ3) is 3.31. The van der Waals surface area contributed by atoms with Gasteiger partial charge in [0.25, 0.3) is 0 Å². The molecule has 1 rings (SSSR count). The topological polar surface area (TPSA) is 77.0 Å². The number of nitrogen functional groups attached to an aromatic ring is 2. The van der Waals surface area contributed by atoms with Gasteiger partial charge in [0.05, 0.1) is 5.69 Å². The molecule has 1 aromatic heterocycles. The first-order chi connectivity index (χ1) is 7.17. The van der Waals surface area contributed by atoms with Crippen molar-refractivity contribution in [3.8, 4) is 0 Å². The molecule has 4 heteroatoms. The van der Waals surface area contributed by atoms with E-state index in [-0.39, 0.29) is 0 Å². The van der Waals surface area contributed by atoms with E-state index in [1.165, 1.54) is 12.8 Å². The van der Waals surface area contributed by atoms with E-state index >= 15 is 0 Å². The standard InChI is InChI=1S/C11H20N4/c1-3-8(4-2)7-14-10-6-5-9(12)11(13)15-10/h5-6,8H,3-4,7,12H2,1-2H3,(H3,13,14,15). The molecule has 0 saturated carbocycles. The van der Waals surface area contributed by atoms with Gasteiger partial charge in [-0.2, -0.15) is 0 Å². The summed E-state index contributed by atoms with van der Waals surface area (Å²) in [4.78, 5) is 4.15. The fourth-order valence-electron chi connectivity index (χ4n) is 1.41. The maximum atomic E-state index is 5.62. The molecule has 0 fully saturated rings. The number of nitrogens with one attached hydrogen (secondary N) is 1. The smallest absolute Gasteiger partial charge is 0.149 e. The largest absolute Gasteiger partial charge is 0.396 e. The van der Waals surface area contributed by atoms with E-state index in [1.54, 1.807) is 6.07 Å². The Morgan fingerprint density at radius 1 is 1.27 bits per heavy atom. The van der Waals surface area contributed by atoms with Gasteiger partial charge in [0.1, 0.15) is 11.6 Å². The van der Waals surface area contributed by atoms with Crippen molar-refractivity contribution in [2.45, 2.75) is 26.7 Å². The highest BCUT2D eigenvalue weighted by Crippen LogP contribution is 2.15. The Morgan fingerprint density at radius 2 is 1.93 bits per heavy atom. The molecule has 0 amide bonds. The molecule has 0 spiro atoms. The average molecular weight is 208 g/mol. The first-order valence-corrected chi connectivity index (χ1v) is 5.43. The SMILES string of the molecule is CCC(CC)CNc1ccc(N)c(N)n1. The lowest BCUT2D eigenvalue weighted by molar-refractivity contribution is 0.518. The molecule has 0 aromatic carbocycles. The third-order valence-corrected chi connectivity index (χ3v) is 2.68. The molecule has 0 aliphatic heterocycles. The highest BCUT2D eigenvalue weighted by molar-refractivity contribution is 5.61. The van der Waals surface area contributed by atoms with Crippen molar-refractivity contribution >= 4 is 17.3 Å². The van der Waals surface area contributed by atoms with Crippen LogP contribution in [0.5, 0.6) is 0 Å².